The van der Waals surface area contributed by atoms with E-state index >= 15 is 0 Å². The van der Waals surface area contributed by atoms with Gasteiger partial charge in [0.2, 0.25) is 5.91 Å². The van der Waals surface area contributed by atoms with Gasteiger partial charge in [-0.25, -0.2) is 4.79 Å². The zero-order valence-electron chi connectivity index (χ0n) is 11.2. The first-order chi connectivity index (χ1) is 9.35. The van der Waals surface area contributed by atoms with Crippen LogP contribution >= 0.6 is 11.8 Å². The highest BCUT2D eigenvalue weighted by atomic mass is 32.2. The molecule has 7 heteroatoms. The van der Waals surface area contributed by atoms with Gasteiger partial charge in [-0.05, 0) is 24.5 Å². The monoisotopic (exact) mass is 296 g/mol. The minimum atomic E-state index is -1.26. The van der Waals surface area contributed by atoms with Crippen LogP contribution in [-0.2, 0) is 9.59 Å². The number of hydrogen-bond acceptors (Lipinski definition) is 5. The summed E-state index contributed by atoms with van der Waals surface area (Å²) in [6, 6.07) is 3.75. The van der Waals surface area contributed by atoms with Crippen LogP contribution in [-0.4, -0.2) is 35.1 Å². The quantitative estimate of drug-likeness (QED) is 0.413. The summed E-state index contributed by atoms with van der Waals surface area (Å²) in [6.07, 6.45) is 1.52. The molecule has 1 atom stereocenters. The van der Waals surface area contributed by atoms with E-state index in [4.69, 9.17) is 10.8 Å². The number of nitrogens with one attached hydrogen (secondary N) is 1. The first-order valence-electron chi connectivity index (χ1n) is 5.81. The Hall–Kier alpha value is -2.02. The Balaban J connectivity index is 2.94. The topological polar surface area (TPSA) is 109 Å². The Labute approximate surface area is 120 Å². The third-order valence-corrected chi connectivity index (χ3v) is 3.35. The molecule has 20 heavy (non-hydrogen) atoms. The first-order valence-corrected chi connectivity index (χ1v) is 7.04. The van der Waals surface area contributed by atoms with Crippen LogP contribution in [0.4, 0.5) is 5.69 Å². The molecule has 6 nitrogen and oxygen atoms in total. The number of carbonyl (C=O) groups excluding carboxylic acids is 2. The average Bonchev–Trinajstić information content (AvgIpc) is 2.37. The molecule has 0 fully saturated rings. The van der Waals surface area contributed by atoms with Crippen molar-refractivity contribution in [3.05, 3.63) is 23.8 Å². The van der Waals surface area contributed by atoms with E-state index in [2.05, 4.69) is 5.32 Å². The molecule has 0 heterocycles. The summed E-state index contributed by atoms with van der Waals surface area (Å²) in [5.41, 5.74) is 6.30. The summed E-state index contributed by atoms with van der Waals surface area (Å²) < 4.78 is 0. The first kappa shape index (κ1) is 16.0. The molecule has 1 unspecified atom stereocenters. The van der Waals surface area contributed by atoms with E-state index in [-0.39, 0.29) is 12.0 Å². The van der Waals surface area contributed by atoms with E-state index in [9.17, 15) is 14.4 Å². The minimum Gasteiger partial charge on any atom is -0.480 e. The van der Waals surface area contributed by atoms with Gasteiger partial charge in [0, 0.05) is 29.5 Å². The van der Waals surface area contributed by atoms with Crippen molar-refractivity contribution in [2.75, 3.05) is 12.0 Å². The standard InChI is InChI=1S/C13H16N2O4S/c1-7(16)15-11(13(18)19)6-12(17)9-5-8(20-2)3-4-10(9)14/h3-5,11H,6,14H2,1-2H3,(H,15,16)(H,18,19). The van der Waals surface area contributed by atoms with Gasteiger partial charge in [-0.15, -0.1) is 11.8 Å². The van der Waals surface area contributed by atoms with Crippen molar-refractivity contribution in [2.45, 2.75) is 24.3 Å². The maximum Gasteiger partial charge on any atom is 0.326 e. The van der Waals surface area contributed by atoms with Crippen molar-refractivity contribution in [3.8, 4) is 0 Å². The molecular weight excluding hydrogens is 280 g/mol. The molecule has 0 aromatic heterocycles. The van der Waals surface area contributed by atoms with E-state index in [1.54, 1.807) is 18.2 Å². The van der Waals surface area contributed by atoms with Crippen LogP contribution in [0.15, 0.2) is 23.1 Å². The highest BCUT2D eigenvalue weighted by Crippen LogP contribution is 2.22. The molecule has 0 saturated heterocycles. The molecule has 1 rings (SSSR count). The zero-order valence-corrected chi connectivity index (χ0v) is 12.0. The number of aliphatic carboxylic acids is 1. The lowest BCUT2D eigenvalue weighted by Gasteiger charge is -2.13. The van der Waals surface area contributed by atoms with Crippen molar-refractivity contribution in [3.63, 3.8) is 0 Å². The number of nitrogen functional groups attached to an aromatic ring is 1. The smallest absolute Gasteiger partial charge is 0.326 e. The highest BCUT2D eigenvalue weighted by molar-refractivity contribution is 7.98. The number of nitrogens with two attached hydrogens (primary N) is 1. The van der Waals surface area contributed by atoms with Crippen molar-refractivity contribution >= 4 is 35.1 Å². The number of carbonyl (C=O) groups is 3. The number of carboxylic acids is 1. The van der Waals surface area contributed by atoms with E-state index < -0.39 is 23.7 Å². The molecule has 0 radical (unpaired) electrons. The minimum absolute atomic E-state index is 0.272. The molecule has 0 aliphatic heterocycles. The number of amides is 1. The van der Waals surface area contributed by atoms with Crippen LogP contribution < -0.4 is 11.1 Å². The van der Waals surface area contributed by atoms with E-state index in [1.165, 1.54) is 18.7 Å². The number of anilines is 1. The second-order valence-corrected chi connectivity index (χ2v) is 5.05. The van der Waals surface area contributed by atoms with Gasteiger partial charge in [0.1, 0.15) is 6.04 Å². The van der Waals surface area contributed by atoms with Crippen LogP contribution in [0.1, 0.15) is 23.7 Å². The molecule has 1 aromatic carbocycles. The van der Waals surface area contributed by atoms with Crippen LogP contribution in [0.25, 0.3) is 0 Å². The molecule has 1 aromatic rings. The Morgan fingerprint density at radius 1 is 1.40 bits per heavy atom. The lowest BCUT2D eigenvalue weighted by molar-refractivity contribution is -0.141. The highest BCUT2D eigenvalue weighted by Gasteiger charge is 2.23. The summed E-state index contributed by atoms with van der Waals surface area (Å²) in [4.78, 5) is 34.9. The number of ketones is 1. The number of thioether (sulfide) groups is 1. The summed E-state index contributed by atoms with van der Waals surface area (Å²) in [5.74, 6) is -2.18. The maximum absolute atomic E-state index is 12.1. The molecule has 0 aliphatic carbocycles. The molecule has 0 saturated carbocycles. The fourth-order valence-electron chi connectivity index (χ4n) is 1.64. The third kappa shape index (κ3) is 4.27. The number of Topliss-reactive ketones (excluding diaryl/α,β-unsaturated/α-hetero) is 1. The number of carboxylic acid groups (broad SMARTS) is 1. The molecular formula is C13H16N2O4S. The van der Waals surface area contributed by atoms with Crippen LogP contribution in [0, 0.1) is 0 Å². The maximum atomic E-state index is 12.1. The Kier molecular flexibility index (Phi) is 5.57. The van der Waals surface area contributed by atoms with Crippen molar-refractivity contribution < 1.29 is 19.5 Å². The lowest BCUT2D eigenvalue weighted by atomic mass is 10.0. The molecule has 4 N–H and O–H groups in total. The molecule has 1 amide bonds. The van der Waals surface area contributed by atoms with Crippen molar-refractivity contribution in [2.24, 2.45) is 0 Å². The Morgan fingerprint density at radius 3 is 2.55 bits per heavy atom. The van der Waals surface area contributed by atoms with E-state index in [0.29, 0.717) is 5.69 Å². The average molecular weight is 296 g/mol. The molecule has 0 bridgehead atoms. The van der Waals surface area contributed by atoms with Crippen molar-refractivity contribution in [1.82, 2.24) is 5.32 Å². The summed E-state index contributed by atoms with van der Waals surface area (Å²) in [6.45, 7) is 1.20. The van der Waals surface area contributed by atoms with Gasteiger partial charge in [0.25, 0.3) is 0 Å². The van der Waals surface area contributed by atoms with Gasteiger partial charge < -0.3 is 16.2 Å². The summed E-state index contributed by atoms with van der Waals surface area (Å²) in [5, 5.41) is 11.2. The van der Waals surface area contributed by atoms with Gasteiger partial charge in [-0.2, -0.15) is 0 Å². The second kappa shape index (κ2) is 6.95. The van der Waals surface area contributed by atoms with E-state index in [1.807, 2.05) is 6.26 Å². The Morgan fingerprint density at radius 2 is 2.05 bits per heavy atom. The van der Waals surface area contributed by atoms with E-state index in [0.717, 1.165) is 4.90 Å². The van der Waals surface area contributed by atoms with Crippen molar-refractivity contribution in [1.29, 1.82) is 0 Å². The van der Waals surface area contributed by atoms with Gasteiger partial charge in [-0.1, -0.05) is 0 Å². The third-order valence-electron chi connectivity index (χ3n) is 2.63. The normalized spacial score (nSPS) is 11.7. The predicted molar refractivity (Wildman–Crippen MR) is 76.8 cm³/mol. The SMILES string of the molecule is CSc1ccc(N)c(C(=O)CC(NC(C)=O)C(=O)O)c1. The largest absolute Gasteiger partial charge is 0.480 e. The number of benzene rings is 1. The van der Waals surface area contributed by atoms with Crippen LogP contribution in [0.3, 0.4) is 0 Å². The van der Waals surface area contributed by atoms with Gasteiger partial charge in [-0.3, -0.25) is 9.59 Å². The predicted octanol–water partition coefficient (Wildman–Crippen LogP) is 1.15. The summed E-state index contributed by atoms with van der Waals surface area (Å²) in [7, 11) is 0. The summed E-state index contributed by atoms with van der Waals surface area (Å²) >= 11 is 1.45. The van der Waals surface area contributed by atoms with Gasteiger partial charge in [0.05, 0.1) is 0 Å². The van der Waals surface area contributed by atoms with Crippen LogP contribution in [0.2, 0.25) is 0 Å². The Bertz CT molecular complexity index is 545. The van der Waals surface area contributed by atoms with Crippen LogP contribution in [0.5, 0.6) is 0 Å². The van der Waals surface area contributed by atoms with Gasteiger partial charge in [0.15, 0.2) is 5.78 Å². The zero-order chi connectivity index (χ0) is 15.3. The fourth-order valence-corrected chi connectivity index (χ4v) is 2.08. The second-order valence-electron chi connectivity index (χ2n) is 4.17. The molecule has 0 spiro atoms. The number of rotatable bonds is 6. The fraction of sp³-hybridized carbons (Fsp3) is 0.308. The molecule has 108 valence electrons. The molecule has 0 aliphatic rings. The van der Waals surface area contributed by atoms with Gasteiger partial charge >= 0.3 is 5.97 Å². The lowest BCUT2D eigenvalue weighted by Crippen LogP contribution is -2.41. The number of hydrogen-bond donors (Lipinski definition) is 3.